The lowest BCUT2D eigenvalue weighted by Gasteiger charge is -2.06. The monoisotopic (exact) mass is 314 g/mol. The first kappa shape index (κ1) is 16.4. The van der Waals surface area contributed by atoms with E-state index in [4.69, 9.17) is 11.6 Å². The van der Waals surface area contributed by atoms with Crippen molar-refractivity contribution in [1.82, 2.24) is 0 Å². The van der Waals surface area contributed by atoms with Gasteiger partial charge in [-0.05, 0) is 42.2 Å². The van der Waals surface area contributed by atoms with Gasteiger partial charge < -0.3 is 0 Å². The summed E-state index contributed by atoms with van der Waals surface area (Å²) in [7, 11) is 0. The van der Waals surface area contributed by atoms with Crippen LogP contribution in [0.4, 0.5) is 0 Å². The zero-order valence-electron chi connectivity index (χ0n) is 12.6. The molecule has 0 aliphatic heterocycles. The van der Waals surface area contributed by atoms with E-state index in [2.05, 4.69) is 0 Å². The lowest BCUT2D eigenvalue weighted by Crippen LogP contribution is -2.10. The summed E-state index contributed by atoms with van der Waals surface area (Å²) in [6.07, 6.45) is 3.58. The number of hydrogen-bond donors (Lipinski definition) is 0. The van der Waals surface area contributed by atoms with Crippen molar-refractivity contribution in [3.63, 3.8) is 0 Å². The lowest BCUT2D eigenvalue weighted by molar-refractivity contribution is -0.120. The number of carbonyl (C=O) groups is 2. The van der Waals surface area contributed by atoms with Crippen LogP contribution in [0.1, 0.15) is 31.7 Å². The van der Waals surface area contributed by atoms with Crippen LogP contribution in [-0.4, -0.2) is 17.4 Å². The van der Waals surface area contributed by atoms with Crippen molar-refractivity contribution < 1.29 is 9.59 Å². The van der Waals surface area contributed by atoms with Crippen LogP contribution in [0.5, 0.6) is 0 Å². The number of benzene rings is 2. The number of ketones is 2. The minimum atomic E-state index is -0.191. The third-order valence-electron chi connectivity index (χ3n) is 3.59. The molecule has 0 fully saturated rings. The Balaban J connectivity index is 2.36. The summed E-state index contributed by atoms with van der Waals surface area (Å²) >= 11 is 5.63. The van der Waals surface area contributed by atoms with Gasteiger partial charge in [-0.3, -0.25) is 9.59 Å². The summed E-state index contributed by atoms with van der Waals surface area (Å²) < 4.78 is 0. The highest BCUT2D eigenvalue weighted by atomic mass is 35.5. The van der Waals surface area contributed by atoms with E-state index < -0.39 is 0 Å². The largest absolute Gasteiger partial charge is 0.294 e. The summed E-state index contributed by atoms with van der Waals surface area (Å²) in [6, 6.07) is 13.8. The molecule has 0 saturated heterocycles. The smallest absolute Gasteiger partial charge is 0.166 e. The maximum Gasteiger partial charge on any atom is 0.166 e. The molecular weight excluding hydrogens is 296 g/mol. The van der Waals surface area contributed by atoms with Crippen molar-refractivity contribution in [1.29, 1.82) is 0 Å². The molecule has 0 aromatic heterocycles. The molecule has 0 aliphatic rings. The zero-order valence-corrected chi connectivity index (χ0v) is 13.4. The lowest BCUT2D eigenvalue weighted by atomic mass is 9.97. The average molecular weight is 315 g/mol. The Bertz CT molecular complexity index is 711. The highest BCUT2D eigenvalue weighted by molar-refractivity contribution is 6.23. The van der Waals surface area contributed by atoms with E-state index in [-0.39, 0.29) is 17.1 Å². The molecule has 0 bridgehead atoms. The molecule has 2 rings (SSSR count). The fourth-order valence-electron chi connectivity index (χ4n) is 2.43. The van der Waals surface area contributed by atoms with Gasteiger partial charge in [0, 0.05) is 12.3 Å². The van der Waals surface area contributed by atoms with Crippen molar-refractivity contribution in [3.05, 3.63) is 53.6 Å². The van der Waals surface area contributed by atoms with Gasteiger partial charge in [0.25, 0.3) is 0 Å². The highest BCUT2D eigenvalue weighted by Gasteiger charge is 2.14. The Labute approximate surface area is 135 Å². The molecule has 2 aromatic rings. The first-order valence-electron chi connectivity index (χ1n) is 7.43. The second-order valence-electron chi connectivity index (χ2n) is 5.25. The van der Waals surface area contributed by atoms with Crippen LogP contribution in [-0.2, 0) is 9.59 Å². The van der Waals surface area contributed by atoms with Gasteiger partial charge >= 0.3 is 0 Å². The van der Waals surface area contributed by atoms with Crippen LogP contribution >= 0.6 is 11.6 Å². The molecule has 0 aliphatic carbocycles. The Kier molecular flexibility index (Phi) is 5.91. The third-order valence-corrected chi connectivity index (χ3v) is 3.86. The van der Waals surface area contributed by atoms with Crippen molar-refractivity contribution in [3.8, 4) is 0 Å². The minimum Gasteiger partial charge on any atom is -0.294 e. The second kappa shape index (κ2) is 7.90. The number of Topliss-reactive ketones (excluding diaryl/α,β-unsaturated/α-hetero) is 2. The van der Waals surface area contributed by atoms with Gasteiger partial charge in [-0.25, -0.2) is 0 Å². The summed E-state index contributed by atoms with van der Waals surface area (Å²) in [5.41, 5.74) is 1.17. The molecule has 0 spiro atoms. The van der Waals surface area contributed by atoms with Crippen molar-refractivity contribution in [2.24, 2.45) is 0 Å². The molecule has 22 heavy (non-hydrogen) atoms. The van der Waals surface area contributed by atoms with Crippen LogP contribution in [0.15, 0.2) is 48.0 Å². The zero-order chi connectivity index (χ0) is 15.9. The van der Waals surface area contributed by atoms with Crippen molar-refractivity contribution in [2.75, 3.05) is 5.88 Å². The number of halogens is 1. The maximum absolute atomic E-state index is 12.3. The molecule has 114 valence electrons. The third kappa shape index (κ3) is 4.05. The quantitative estimate of drug-likeness (QED) is 0.242. The number of fused-ring (bicyclic) bond motifs is 1. The minimum absolute atomic E-state index is 0.106. The SMILES string of the molecule is CC(=O)C(=Cc1cccc2ccccc12)C(=O)CCCCCl. The predicted octanol–water partition coefficient (Wildman–Crippen LogP) is 4.79. The topological polar surface area (TPSA) is 34.1 Å². The van der Waals surface area contributed by atoms with E-state index in [9.17, 15) is 9.59 Å². The van der Waals surface area contributed by atoms with Crippen LogP contribution < -0.4 is 0 Å². The summed E-state index contributed by atoms with van der Waals surface area (Å²) in [5.74, 6) is 0.241. The van der Waals surface area contributed by atoms with Gasteiger partial charge in [-0.15, -0.1) is 11.6 Å². The standard InChI is InChI=1S/C19H19ClO2/c1-14(21)18(19(22)11-4-5-12-20)13-16-9-6-8-15-7-2-3-10-17(15)16/h2-3,6-10,13H,4-5,11-12H2,1H3. The number of unbranched alkanes of at least 4 members (excludes halogenated alkanes) is 1. The molecule has 0 saturated carbocycles. The summed E-state index contributed by atoms with van der Waals surface area (Å²) in [5, 5.41) is 2.13. The van der Waals surface area contributed by atoms with E-state index in [0.717, 1.165) is 22.8 Å². The molecule has 0 heterocycles. The van der Waals surface area contributed by atoms with E-state index in [0.29, 0.717) is 18.7 Å². The Morgan fingerprint density at radius 3 is 2.50 bits per heavy atom. The normalized spacial score (nSPS) is 11.6. The molecule has 2 aromatic carbocycles. The maximum atomic E-state index is 12.3. The van der Waals surface area contributed by atoms with Gasteiger partial charge in [0.1, 0.15) is 0 Å². The first-order chi connectivity index (χ1) is 10.6. The highest BCUT2D eigenvalue weighted by Crippen LogP contribution is 2.22. The number of hydrogen-bond acceptors (Lipinski definition) is 2. The van der Waals surface area contributed by atoms with E-state index in [1.54, 1.807) is 6.08 Å². The van der Waals surface area contributed by atoms with Gasteiger partial charge in [-0.1, -0.05) is 42.5 Å². The molecule has 0 radical (unpaired) electrons. The molecule has 2 nitrogen and oxygen atoms in total. The van der Waals surface area contributed by atoms with Crippen LogP contribution in [0, 0.1) is 0 Å². The van der Waals surface area contributed by atoms with E-state index >= 15 is 0 Å². The molecule has 0 N–H and O–H groups in total. The molecule has 0 unspecified atom stereocenters. The van der Waals surface area contributed by atoms with Gasteiger partial charge in [-0.2, -0.15) is 0 Å². The van der Waals surface area contributed by atoms with Crippen molar-refractivity contribution in [2.45, 2.75) is 26.2 Å². The summed E-state index contributed by atoms with van der Waals surface area (Å²) in [6.45, 7) is 1.44. The Morgan fingerprint density at radius 1 is 1.05 bits per heavy atom. The van der Waals surface area contributed by atoms with Gasteiger partial charge in [0.15, 0.2) is 11.6 Å². The molecule has 0 amide bonds. The van der Waals surface area contributed by atoms with Gasteiger partial charge in [0.05, 0.1) is 5.57 Å². The van der Waals surface area contributed by atoms with Crippen molar-refractivity contribution >= 4 is 40.0 Å². The van der Waals surface area contributed by atoms with Gasteiger partial charge in [0.2, 0.25) is 0 Å². The predicted molar refractivity (Wildman–Crippen MR) is 92.2 cm³/mol. The van der Waals surface area contributed by atoms with Crippen LogP contribution in [0.3, 0.4) is 0 Å². The molecule has 0 atom stereocenters. The number of carbonyl (C=O) groups excluding carboxylic acids is 2. The number of alkyl halides is 1. The van der Waals surface area contributed by atoms with Crippen LogP contribution in [0.25, 0.3) is 16.8 Å². The first-order valence-corrected chi connectivity index (χ1v) is 7.96. The fraction of sp³-hybridized carbons (Fsp3) is 0.263. The molecule has 3 heteroatoms. The van der Waals surface area contributed by atoms with Crippen LogP contribution in [0.2, 0.25) is 0 Å². The van der Waals surface area contributed by atoms with E-state index in [1.807, 2.05) is 42.5 Å². The number of rotatable bonds is 7. The Morgan fingerprint density at radius 2 is 1.77 bits per heavy atom. The average Bonchev–Trinajstić information content (AvgIpc) is 2.52. The fourth-order valence-corrected chi connectivity index (χ4v) is 2.61. The number of allylic oxidation sites excluding steroid dienone is 1. The second-order valence-corrected chi connectivity index (χ2v) is 5.63. The summed E-state index contributed by atoms with van der Waals surface area (Å²) in [4.78, 5) is 24.1. The Hall–Kier alpha value is -1.93. The molecular formula is C19H19ClO2. The van der Waals surface area contributed by atoms with E-state index in [1.165, 1.54) is 6.92 Å².